The Morgan fingerprint density at radius 2 is 1.90 bits per heavy atom. The first-order chi connectivity index (χ1) is 9.90. The zero-order valence-electron chi connectivity index (χ0n) is 11.8. The van der Waals surface area contributed by atoms with Gasteiger partial charge in [0.25, 0.3) is 0 Å². The van der Waals surface area contributed by atoms with Gasteiger partial charge < -0.3 is 14.9 Å². The molecular formula is C14H20O6S. The fraction of sp³-hybridized carbons (Fsp3) is 0.500. The van der Waals surface area contributed by atoms with E-state index in [0.29, 0.717) is 12.8 Å². The number of benzene rings is 1. The van der Waals surface area contributed by atoms with Crippen molar-refractivity contribution in [3.8, 4) is 0 Å². The standard InChI is InChI=1S/C14H20O6S/c1-2-6-13(12(16)9-15)20-14(17)10-21(18,19)11-7-4-3-5-8-11/h3-5,7-8,12-13,15-16H,2,6,9-10H2,1H3/t12-,13+/m0/s1. The molecule has 0 saturated heterocycles. The van der Waals surface area contributed by atoms with Crippen LogP contribution < -0.4 is 0 Å². The van der Waals surface area contributed by atoms with Gasteiger partial charge >= 0.3 is 5.97 Å². The molecule has 1 aromatic carbocycles. The van der Waals surface area contributed by atoms with Crippen LogP contribution in [0.4, 0.5) is 0 Å². The van der Waals surface area contributed by atoms with Crippen LogP contribution in [-0.4, -0.2) is 49.2 Å². The summed E-state index contributed by atoms with van der Waals surface area (Å²) in [6.07, 6.45) is -1.15. The van der Waals surface area contributed by atoms with Gasteiger partial charge in [0, 0.05) is 0 Å². The number of carbonyl (C=O) groups excluding carboxylic acids is 1. The highest BCUT2D eigenvalue weighted by Crippen LogP contribution is 2.13. The maximum absolute atomic E-state index is 12.0. The zero-order valence-corrected chi connectivity index (χ0v) is 12.6. The Bertz CT molecular complexity index is 540. The molecule has 2 atom stereocenters. The lowest BCUT2D eigenvalue weighted by Gasteiger charge is -2.21. The van der Waals surface area contributed by atoms with E-state index in [-0.39, 0.29) is 4.90 Å². The molecule has 0 aliphatic rings. The average Bonchev–Trinajstić information content (AvgIpc) is 2.46. The van der Waals surface area contributed by atoms with Crippen molar-refractivity contribution < 1.29 is 28.2 Å². The van der Waals surface area contributed by atoms with Gasteiger partial charge in [-0.15, -0.1) is 0 Å². The Labute approximate surface area is 124 Å². The lowest BCUT2D eigenvalue weighted by Crippen LogP contribution is -2.35. The molecule has 7 heteroatoms. The van der Waals surface area contributed by atoms with Gasteiger partial charge in [-0.1, -0.05) is 31.5 Å². The molecule has 0 aromatic heterocycles. The smallest absolute Gasteiger partial charge is 0.321 e. The Balaban J connectivity index is 2.72. The summed E-state index contributed by atoms with van der Waals surface area (Å²) in [5.41, 5.74) is 0. The normalized spacial score (nSPS) is 14.4. The monoisotopic (exact) mass is 316 g/mol. The highest BCUT2D eigenvalue weighted by atomic mass is 32.2. The predicted molar refractivity (Wildman–Crippen MR) is 76.4 cm³/mol. The van der Waals surface area contributed by atoms with Crippen LogP contribution >= 0.6 is 0 Å². The van der Waals surface area contributed by atoms with Gasteiger partial charge in [-0.05, 0) is 18.6 Å². The van der Waals surface area contributed by atoms with Gasteiger partial charge in [-0.3, -0.25) is 4.79 Å². The van der Waals surface area contributed by atoms with Crippen molar-refractivity contribution >= 4 is 15.8 Å². The minimum atomic E-state index is -3.77. The Kier molecular flexibility index (Phi) is 6.80. The maximum atomic E-state index is 12.0. The second kappa shape index (κ2) is 8.11. The number of ether oxygens (including phenoxy) is 1. The van der Waals surface area contributed by atoms with Crippen LogP contribution in [0.3, 0.4) is 0 Å². The van der Waals surface area contributed by atoms with Gasteiger partial charge in [-0.25, -0.2) is 8.42 Å². The number of rotatable bonds is 8. The molecule has 1 aromatic rings. The molecule has 0 aliphatic heterocycles. The summed E-state index contributed by atoms with van der Waals surface area (Å²) >= 11 is 0. The summed E-state index contributed by atoms with van der Waals surface area (Å²) in [6.45, 7) is 1.27. The fourth-order valence-corrected chi connectivity index (χ4v) is 2.92. The van der Waals surface area contributed by atoms with Crippen LogP contribution in [0.1, 0.15) is 19.8 Å². The van der Waals surface area contributed by atoms with Crippen molar-refractivity contribution in [1.82, 2.24) is 0 Å². The molecule has 0 unspecified atom stereocenters. The summed E-state index contributed by atoms with van der Waals surface area (Å²) in [6, 6.07) is 7.59. The number of esters is 1. The number of aliphatic hydroxyl groups is 2. The lowest BCUT2D eigenvalue weighted by molar-refractivity contribution is -0.153. The van der Waals surface area contributed by atoms with Crippen molar-refractivity contribution in [2.24, 2.45) is 0 Å². The van der Waals surface area contributed by atoms with Gasteiger partial charge in [0.05, 0.1) is 11.5 Å². The van der Waals surface area contributed by atoms with Crippen molar-refractivity contribution in [3.05, 3.63) is 30.3 Å². The molecule has 21 heavy (non-hydrogen) atoms. The fourth-order valence-electron chi connectivity index (χ4n) is 1.80. The second-order valence-electron chi connectivity index (χ2n) is 4.64. The van der Waals surface area contributed by atoms with Crippen LogP contribution in [0.25, 0.3) is 0 Å². The third-order valence-electron chi connectivity index (χ3n) is 2.88. The highest BCUT2D eigenvalue weighted by Gasteiger charge is 2.26. The van der Waals surface area contributed by atoms with Crippen molar-refractivity contribution in [2.75, 3.05) is 12.4 Å². The summed E-state index contributed by atoms with van der Waals surface area (Å²) < 4.78 is 29.0. The van der Waals surface area contributed by atoms with Crippen molar-refractivity contribution in [2.45, 2.75) is 36.9 Å². The van der Waals surface area contributed by atoms with E-state index in [9.17, 15) is 18.3 Å². The van der Waals surface area contributed by atoms with Crippen LogP contribution in [0.5, 0.6) is 0 Å². The molecule has 0 heterocycles. The molecule has 6 nitrogen and oxygen atoms in total. The lowest BCUT2D eigenvalue weighted by atomic mass is 10.1. The van der Waals surface area contributed by atoms with E-state index in [1.54, 1.807) is 18.2 Å². The number of hydrogen-bond acceptors (Lipinski definition) is 6. The third kappa shape index (κ3) is 5.45. The molecule has 1 rings (SSSR count). The van der Waals surface area contributed by atoms with E-state index in [1.807, 2.05) is 6.92 Å². The minimum Gasteiger partial charge on any atom is -0.459 e. The van der Waals surface area contributed by atoms with E-state index >= 15 is 0 Å². The first-order valence-corrected chi connectivity index (χ1v) is 8.32. The predicted octanol–water partition coefficient (Wildman–Crippen LogP) is 0.525. The van der Waals surface area contributed by atoms with Crippen molar-refractivity contribution in [3.63, 3.8) is 0 Å². The average molecular weight is 316 g/mol. The molecule has 0 radical (unpaired) electrons. The maximum Gasteiger partial charge on any atom is 0.321 e. The molecule has 0 bridgehead atoms. The van der Waals surface area contributed by atoms with E-state index in [2.05, 4.69) is 0 Å². The Morgan fingerprint density at radius 1 is 1.29 bits per heavy atom. The van der Waals surface area contributed by atoms with E-state index < -0.39 is 40.4 Å². The van der Waals surface area contributed by atoms with Crippen LogP contribution in [0.2, 0.25) is 0 Å². The molecular weight excluding hydrogens is 296 g/mol. The highest BCUT2D eigenvalue weighted by molar-refractivity contribution is 7.92. The number of sulfone groups is 1. The first kappa shape index (κ1) is 17.6. The van der Waals surface area contributed by atoms with Gasteiger partial charge in [0.2, 0.25) is 0 Å². The minimum absolute atomic E-state index is 0.0386. The first-order valence-electron chi connectivity index (χ1n) is 6.67. The molecule has 0 fully saturated rings. The van der Waals surface area contributed by atoms with E-state index in [4.69, 9.17) is 9.84 Å². The zero-order chi connectivity index (χ0) is 15.9. The van der Waals surface area contributed by atoms with Crippen molar-refractivity contribution in [1.29, 1.82) is 0 Å². The Hall–Kier alpha value is -1.44. The number of hydrogen-bond donors (Lipinski definition) is 2. The van der Waals surface area contributed by atoms with Crippen LogP contribution in [0.15, 0.2) is 35.2 Å². The summed E-state index contributed by atoms with van der Waals surface area (Å²) in [7, 11) is -3.77. The molecule has 0 saturated carbocycles. The van der Waals surface area contributed by atoms with Gasteiger partial charge in [0.1, 0.15) is 12.2 Å². The molecule has 0 spiro atoms. The quantitative estimate of drug-likeness (QED) is 0.678. The van der Waals surface area contributed by atoms with Gasteiger partial charge in [0.15, 0.2) is 15.6 Å². The van der Waals surface area contributed by atoms with Crippen LogP contribution in [-0.2, 0) is 19.4 Å². The number of carbonyl (C=O) groups is 1. The summed E-state index contributed by atoms with van der Waals surface area (Å²) in [5.74, 6) is -1.74. The van der Waals surface area contributed by atoms with E-state index in [0.717, 1.165) is 0 Å². The molecule has 0 aliphatic carbocycles. The number of aliphatic hydroxyl groups excluding tert-OH is 2. The second-order valence-corrected chi connectivity index (χ2v) is 6.63. The molecule has 2 N–H and O–H groups in total. The van der Waals surface area contributed by atoms with E-state index in [1.165, 1.54) is 12.1 Å². The molecule has 0 amide bonds. The Morgan fingerprint density at radius 3 is 2.43 bits per heavy atom. The third-order valence-corrected chi connectivity index (χ3v) is 4.49. The largest absolute Gasteiger partial charge is 0.459 e. The van der Waals surface area contributed by atoms with Gasteiger partial charge in [-0.2, -0.15) is 0 Å². The summed E-state index contributed by atoms with van der Waals surface area (Å²) in [5, 5.41) is 18.4. The SMILES string of the molecule is CCC[C@@H](OC(=O)CS(=O)(=O)c1ccccc1)[C@@H](O)CO. The topological polar surface area (TPSA) is 101 Å². The van der Waals surface area contributed by atoms with Crippen LogP contribution in [0, 0.1) is 0 Å². The summed E-state index contributed by atoms with van der Waals surface area (Å²) in [4.78, 5) is 11.8. The molecule has 118 valence electrons.